The van der Waals surface area contributed by atoms with Gasteiger partial charge < -0.3 is 9.84 Å². The summed E-state index contributed by atoms with van der Waals surface area (Å²) in [4.78, 5) is 16.1. The average Bonchev–Trinajstić information content (AvgIpc) is 2.54. The lowest BCUT2D eigenvalue weighted by Gasteiger charge is -2.07. The van der Waals surface area contributed by atoms with Gasteiger partial charge in [-0.1, -0.05) is 18.2 Å². The first kappa shape index (κ1) is 13.1. The number of ether oxygens (including phenoxy) is 1. The fraction of sp³-hybridized carbons (Fsp3) is 0.0588. The van der Waals surface area contributed by atoms with Crippen molar-refractivity contribution in [2.45, 2.75) is 0 Å². The molecule has 0 aliphatic heterocycles. The highest BCUT2D eigenvalue weighted by atomic mass is 16.5. The third-order valence-electron chi connectivity index (χ3n) is 3.35. The molecular weight excluding hydrogens is 266 g/mol. The number of phenols is 1. The van der Waals surface area contributed by atoms with Crippen molar-refractivity contribution < 1.29 is 14.6 Å². The van der Waals surface area contributed by atoms with Crippen molar-refractivity contribution in [1.82, 2.24) is 4.98 Å². The molecule has 3 aromatic rings. The maximum Gasteiger partial charge on any atom is 0.338 e. The van der Waals surface area contributed by atoms with E-state index in [1.807, 2.05) is 30.3 Å². The Morgan fingerprint density at radius 2 is 1.76 bits per heavy atom. The molecule has 4 nitrogen and oxygen atoms in total. The third kappa shape index (κ3) is 2.43. The molecule has 0 saturated carbocycles. The summed E-state index contributed by atoms with van der Waals surface area (Å²) in [6.45, 7) is 0. The van der Waals surface area contributed by atoms with E-state index in [1.54, 1.807) is 24.4 Å². The van der Waals surface area contributed by atoms with Gasteiger partial charge in [0.15, 0.2) is 0 Å². The lowest BCUT2D eigenvalue weighted by molar-refractivity contribution is 0.0603. The van der Waals surface area contributed by atoms with Crippen LogP contribution in [0.1, 0.15) is 10.4 Å². The number of benzene rings is 2. The molecule has 3 rings (SSSR count). The zero-order valence-corrected chi connectivity index (χ0v) is 11.4. The maximum atomic E-state index is 11.8. The Labute approximate surface area is 121 Å². The summed E-state index contributed by atoms with van der Waals surface area (Å²) in [6.07, 6.45) is 1.59. The topological polar surface area (TPSA) is 59.4 Å². The van der Waals surface area contributed by atoms with Crippen LogP contribution >= 0.6 is 0 Å². The van der Waals surface area contributed by atoms with Crippen molar-refractivity contribution in [2.75, 3.05) is 7.11 Å². The molecule has 0 unspecified atom stereocenters. The van der Waals surface area contributed by atoms with Crippen LogP contribution < -0.4 is 0 Å². The second-order valence-electron chi connectivity index (χ2n) is 4.63. The van der Waals surface area contributed by atoms with Crippen molar-refractivity contribution in [3.05, 3.63) is 60.3 Å². The first-order valence-corrected chi connectivity index (χ1v) is 6.45. The number of hydrogen-bond donors (Lipinski definition) is 1. The van der Waals surface area contributed by atoms with Gasteiger partial charge in [-0.15, -0.1) is 0 Å². The van der Waals surface area contributed by atoms with E-state index in [2.05, 4.69) is 4.98 Å². The molecular formula is C17H13NO3. The number of phenolic OH excluding ortho intramolecular Hbond substituents is 1. The quantitative estimate of drug-likeness (QED) is 0.730. The molecule has 0 amide bonds. The van der Waals surface area contributed by atoms with Crippen LogP contribution in [0, 0.1) is 0 Å². The Morgan fingerprint density at radius 3 is 2.48 bits per heavy atom. The van der Waals surface area contributed by atoms with E-state index >= 15 is 0 Å². The predicted molar refractivity (Wildman–Crippen MR) is 80.2 cm³/mol. The Bertz CT molecular complexity index is 810. The van der Waals surface area contributed by atoms with E-state index in [4.69, 9.17) is 4.74 Å². The molecule has 21 heavy (non-hydrogen) atoms. The number of methoxy groups -OCH3 is 1. The molecule has 4 heteroatoms. The molecule has 1 aromatic heterocycles. The minimum Gasteiger partial charge on any atom is -0.508 e. The zero-order valence-electron chi connectivity index (χ0n) is 11.4. The van der Waals surface area contributed by atoms with Crippen LogP contribution in [0.2, 0.25) is 0 Å². The molecule has 0 aliphatic carbocycles. The molecule has 1 heterocycles. The maximum absolute atomic E-state index is 11.8. The van der Waals surface area contributed by atoms with E-state index in [1.165, 1.54) is 7.11 Å². The molecule has 0 spiro atoms. The van der Waals surface area contributed by atoms with Gasteiger partial charge in [0.1, 0.15) is 5.75 Å². The number of rotatable bonds is 2. The van der Waals surface area contributed by atoms with E-state index in [0.29, 0.717) is 5.56 Å². The van der Waals surface area contributed by atoms with Crippen molar-refractivity contribution in [1.29, 1.82) is 0 Å². The monoisotopic (exact) mass is 279 g/mol. The number of carbonyl (C=O) groups excluding carboxylic acids is 1. The van der Waals surface area contributed by atoms with Crippen molar-refractivity contribution >= 4 is 16.9 Å². The largest absolute Gasteiger partial charge is 0.508 e. The SMILES string of the molecule is COC(=O)c1ccnc2ccc(-c3ccc(O)cc3)cc12. The molecule has 0 saturated heterocycles. The fourth-order valence-electron chi connectivity index (χ4n) is 2.27. The summed E-state index contributed by atoms with van der Waals surface area (Å²) in [5.41, 5.74) is 3.12. The number of nitrogens with zero attached hydrogens (tertiary/aromatic N) is 1. The van der Waals surface area contributed by atoms with Gasteiger partial charge in [0, 0.05) is 11.6 Å². The molecule has 2 aromatic carbocycles. The average molecular weight is 279 g/mol. The second kappa shape index (κ2) is 5.25. The summed E-state index contributed by atoms with van der Waals surface area (Å²) in [6, 6.07) is 14.3. The molecule has 0 radical (unpaired) electrons. The first-order valence-electron chi connectivity index (χ1n) is 6.45. The van der Waals surface area contributed by atoms with Crippen LogP contribution in [0.15, 0.2) is 54.7 Å². The minimum absolute atomic E-state index is 0.219. The van der Waals surface area contributed by atoms with E-state index in [0.717, 1.165) is 22.0 Å². The van der Waals surface area contributed by atoms with Gasteiger partial charge in [-0.25, -0.2) is 4.79 Å². The standard InChI is InChI=1S/C17H13NO3/c1-21-17(20)14-8-9-18-16-7-4-12(10-15(14)16)11-2-5-13(19)6-3-11/h2-10,19H,1H3. The number of aromatic nitrogens is 1. The molecule has 1 N–H and O–H groups in total. The van der Waals surface area contributed by atoms with Crippen LogP contribution in [0.5, 0.6) is 5.75 Å². The number of aromatic hydroxyl groups is 1. The summed E-state index contributed by atoms with van der Waals surface area (Å²) < 4.78 is 4.81. The highest BCUT2D eigenvalue weighted by Gasteiger charge is 2.11. The van der Waals surface area contributed by atoms with Crippen molar-refractivity contribution in [3.8, 4) is 16.9 Å². The third-order valence-corrected chi connectivity index (χ3v) is 3.35. The smallest absolute Gasteiger partial charge is 0.338 e. The molecule has 0 atom stereocenters. The lowest BCUT2D eigenvalue weighted by atomic mass is 10.0. The number of pyridine rings is 1. The van der Waals surface area contributed by atoms with Crippen LogP contribution in [0.3, 0.4) is 0 Å². The van der Waals surface area contributed by atoms with Crippen LogP contribution in [-0.4, -0.2) is 23.2 Å². The predicted octanol–water partition coefficient (Wildman–Crippen LogP) is 3.39. The number of esters is 1. The molecule has 0 fully saturated rings. The van der Waals surface area contributed by atoms with Crippen molar-refractivity contribution in [2.24, 2.45) is 0 Å². The van der Waals surface area contributed by atoms with Crippen LogP contribution in [0.4, 0.5) is 0 Å². The van der Waals surface area contributed by atoms with Gasteiger partial charge in [-0.05, 0) is 41.5 Å². The molecule has 104 valence electrons. The number of hydrogen-bond acceptors (Lipinski definition) is 4. The number of fused-ring (bicyclic) bond motifs is 1. The fourth-order valence-corrected chi connectivity index (χ4v) is 2.27. The highest BCUT2D eigenvalue weighted by Crippen LogP contribution is 2.27. The van der Waals surface area contributed by atoms with Gasteiger partial charge in [0.05, 0.1) is 18.2 Å². The summed E-state index contributed by atoms with van der Waals surface area (Å²) in [5.74, 6) is -0.165. The lowest BCUT2D eigenvalue weighted by Crippen LogP contribution is -2.02. The normalized spacial score (nSPS) is 10.5. The summed E-state index contributed by atoms with van der Waals surface area (Å²) in [5, 5.41) is 10.1. The summed E-state index contributed by atoms with van der Waals surface area (Å²) >= 11 is 0. The zero-order chi connectivity index (χ0) is 14.8. The van der Waals surface area contributed by atoms with E-state index < -0.39 is 0 Å². The Balaban J connectivity index is 2.18. The summed E-state index contributed by atoms with van der Waals surface area (Å²) in [7, 11) is 1.36. The molecule has 0 aliphatic rings. The van der Waals surface area contributed by atoms with Crippen molar-refractivity contribution in [3.63, 3.8) is 0 Å². The molecule has 0 bridgehead atoms. The van der Waals surface area contributed by atoms with Gasteiger partial charge in [-0.3, -0.25) is 4.98 Å². The van der Waals surface area contributed by atoms with Crippen LogP contribution in [-0.2, 0) is 4.74 Å². The second-order valence-corrected chi connectivity index (χ2v) is 4.63. The Hall–Kier alpha value is -2.88. The Morgan fingerprint density at radius 1 is 1.05 bits per heavy atom. The van der Waals surface area contributed by atoms with Gasteiger partial charge >= 0.3 is 5.97 Å². The highest BCUT2D eigenvalue weighted by molar-refractivity contribution is 6.04. The first-order chi connectivity index (χ1) is 10.2. The van der Waals surface area contributed by atoms with Gasteiger partial charge in [0.2, 0.25) is 0 Å². The minimum atomic E-state index is -0.384. The van der Waals surface area contributed by atoms with Gasteiger partial charge in [-0.2, -0.15) is 0 Å². The van der Waals surface area contributed by atoms with Crippen LogP contribution in [0.25, 0.3) is 22.0 Å². The number of carbonyl (C=O) groups is 1. The van der Waals surface area contributed by atoms with Gasteiger partial charge in [0.25, 0.3) is 0 Å². The van der Waals surface area contributed by atoms with E-state index in [9.17, 15) is 9.90 Å². The van der Waals surface area contributed by atoms with E-state index in [-0.39, 0.29) is 11.7 Å². The Kier molecular flexibility index (Phi) is 3.28.